The summed E-state index contributed by atoms with van der Waals surface area (Å²) in [5, 5.41) is 3.59. The quantitative estimate of drug-likeness (QED) is 0.545. The molecule has 0 aliphatic carbocycles. The molecule has 0 saturated carbocycles. The fraction of sp³-hybridized carbons (Fsp3) is 0.0476. The second kappa shape index (κ2) is 7.17. The summed E-state index contributed by atoms with van der Waals surface area (Å²) in [5.41, 5.74) is 9.26. The standard InChI is InChI=1S/C21H16FN3OS/c22-15-8-6-13(7-9-15)12-24-20(26)19-18(23)16-10-11-17(25-21(16)27-19)14-4-2-1-3-5-14/h1-11H,12,23H2,(H,24,26). The van der Waals surface area contributed by atoms with E-state index in [1.54, 1.807) is 12.1 Å². The lowest BCUT2D eigenvalue weighted by Gasteiger charge is -2.04. The highest BCUT2D eigenvalue weighted by Crippen LogP contribution is 2.34. The molecule has 2 aromatic heterocycles. The highest BCUT2D eigenvalue weighted by atomic mass is 32.1. The van der Waals surface area contributed by atoms with Gasteiger partial charge in [-0.05, 0) is 29.8 Å². The van der Waals surface area contributed by atoms with Gasteiger partial charge in [-0.15, -0.1) is 11.3 Å². The number of nitrogens with two attached hydrogens (primary N) is 1. The molecule has 0 radical (unpaired) electrons. The Morgan fingerprint density at radius 2 is 1.78 bits per heavy atom. The van der Waals surface area contributed by atoms with E-state index in [0.29, 0.717) is 17.1 Å². The van der Waals surface area contributed by atoms with Gasteiger partial charge in [0.05, 0.1) is 11.4 Å². The van der Waals surface area contributed by atoms with E-state index in [-0.39, 0.29) is 11.7 Å². The van der Waals surface area contributed by atoms with Crippen LogP contribution in [0.5, 0.6) is 0 Å². The molecule has 4 aromatic rings. The van der Waals surface area contributed by atoms with Crippen molar-refractivity contribution in [2.24, 2.45) is 0 Å². The first kappa shape index (κ1) is 17.2. The second-order valence-corrected chi connectivity index (χ2v) is 7.07. The van der Waals surface area contributed by atoms with Crippen molar-refractivity contribution in [3.8, 4) is 11.3 Å². The first-order chi connectivity index (χ1) is 13.1. The molecule has 1 amide bonds. The van der Waals surface area contributed by atoms with Crippen LogP contribution in [-0.4, -0.2) is 10.9 Å². The molecule has 0 bridgehead atoms. The van der Waals surface area contributed by atoms with Gasteiger partial charge in [-0.2, -0.15) is 0 Å². The fourth-order valence-electron chi connectivity index (χ4n) is 2.80. The van der Waals surface area contributed by atoms with Crippen LogP contribution < -0.4 is 11.1 Å². The summed E-state index contributed by atoms with van der Waals surface area (Å²) in [6.45, 7) is 0.301. The van der Waals surface area contributed by atoms with Gasteiger partial charge in [-0.1, -0.05) is 42.5 Å². The van der Waals surface area contributed by atoms with Gasteiger partial charge >= 0.3 is 0 Å². The lowest BCUT2D eigenvalue weighted by molar-refractivity contribution is 0.0956. The van der Waals surface area contributed by atoms with Gasteiger partial charge in [0.1, 0.15) is 15.5 Å². The van der Waals surface area contributed by atoms with E-state index in [1.165, 1.54) is 23.5 Å². The van der Waals surface area contributed by atoms with Crippen molar-refractivity contribution >= 4 is 33.1 Å². The second-order valence-electron chi connectivity index (χ2n) is 6.07. The average Bonchev–Trinajstić information content (AvgIpc) is 3.04. The molecule has 134 valence electrons. The van der Waals surface area contributed by atoms with Crippen molar-refractivity contribution < 1.29 is 9.18 Å². The molecule has 0 saturated heterocycles. The number of thiophene rings is 1. The summed E-state index contributed by atoms with van der Waals surface area (Å²) < 4.78 is 13.0. The largest absolute Gasteiger partial charge is 0.397 e. The molecule has 0 aliphatic rings. The van der Waals surface area contributed by atoms with Crippen LogP contribution in [0.2, 0.25) is 0 Å². The van der Waals surface area contributed by atoms with Crippen LogP contribution in [0.15, 0.2) is 66.7 Å². The number of carbonyl (C=O) groups excluding carboxylic acids is 1. The number of nitrogens with one attached hydrogen (secondary N) is 1. The van der Waals surface area contributed by atoms with E-state index in [2.05, 4.69) is 10.3 Å². The molecule has 0 spiro atoms. The van der Waals surface area contributed by atoms with Crippen molar-refractivity contribution in [1.29, 1.82) is 0 Å². The van der Waals surface area contributed by atoms with Gasteiger partial charge in [-0.3, -0.25) is 4.79 Å². The molecule has 3 N–H and O–H groups in total. The molecule has 0 unspecified atom stereocenters. The smallest absolute Gasteiger partial charge is 0.263 e. The molecule has 4 nitrogen and oxygen atoms in total. The molecular weight excluding hydrogens is 361 g/mol. The van der Waals surface area contributed by atoms with E-state index in [9.17, 15) is 9.18 Å². The van der Waals surface area contributed by atoms with E-state index in [1.807, 2.05) is 42.5 Å². The zero-order chi connectivity index (χ0) is 18.8. The van der Waals surface area contributed by atoms with Crippen molar-refractivity contribution in [3.05, 3.63) is 83.0 Å². The molecule has 2 aromatic carbocycles. The minimum Gasteiger partial charge on any atom is -0.397 e. The summed E-state index contributed by atoms with van der Waals surface area (Å²) >= 11 is 1.27. The molecule has 6 heteroatoms. The van der Waals surface area contributed by atoms with E-state index in [0.717, 1.165) is 27.0 Å². The highest BCUT2D eigenvalue weighted by Gasteiger charge is 2.17. The van der Waals surface area contributed by atoms with Gasteiger partial charge in [0.2, 0.25) is 0 Å². The van der Waals surface area contributed by atoms with Crippen molar-refractivity contribution in [3.63, 3.8) is 0 Å². The Morgan fingerprint density at radius 1 is 1.04 bits per heavy atom. The van der Waals surface area contributed by atoms with Gasteiger partial charge in [0.15, 0.2) is 0 Å². The predicted octanol–water partition coefficient (Wildman–Crippen LogP) is 4.61. The Labute approximate surface area is 159 Å². The van der Waals surface area contributed by atoms with E-state index in [4.69, 9.17) is 5.73 Å². The number of halogens is 1. The van der Waals surface area contributed by atoms with Gasteiger partial charge in [0.25, 0.3) is 5.91 Å². The molecule has 0 atom stereocenters. The van der Waals surface area contributed by atoms with E-state index >= 15 is 0 Å². The highest BCUT2D eigenvalue weighted by molar-refractivity contribution is 7.21. The van der Waals surface area contributed by atoms with Gasteiger partial charge in [-0.25, -0.2) is 9.37 Å². The Kier molecular flexibility index (Phi) is 4.56. The van der Waals surface area contributed by atoms with Crippen LogP contribution in [0, 0.1) is 5.82 Å². The maximum atomic E-state index is 13.0. The zero-order valence-electron chi connectivity index (χ0n) is 14.3. The fourth-order valence-corrected chi connectivity index (χ4v) is 3.81. The third-order valence-corrected chi connectivity index (χ3v) is 5.35. The number of aromatic nitrogens is 1. The minimum absolute atomic E-state index is 0.263. The Bertz CT molecular complexity index is 1110. The van der Waals surface area contributed by atoms with Crippen LogP contribution in [-0.2, 0) is 6.54 Å². The van der Waals surface area contributed by atoms with Crippen LogP contribution in [0.25, 0.3) is 21.5 Å². The number of rotatable bonds is 4. The summed E-state index contributed by atoms with van der Waals surface area (Å²) in [6.07, 6.45) is 0. The van der Waals surface area contributed by atoms with Crippen molar-refractivity contribution in [1.82, 2.24) is 10.3 Å². The zero-order valence-corrected chi connectivity index (χ0v) is 15.1. The monoisotopic (exact) mass is 377 g/mol. The maximum absolute atomic E-state index is 13.0. The number of nitrogens with zero attached hydrogens (tertiary/aromatic N) is 1. The van der Waals surface area contributed by atoms with Crippen LogP contribution in [0.1, 0.15) is 15.2 Å². The summed E-state index contributed by atoms with van der Waals surface area (Å²) in [5.74, 6) is -0.569. The normalized spacial score (nSPS) is 10.9. The van der Waals surface area contributed by atoms with Crippen LogP contribution >= 0.6 is 11.3 Å². The van der Waals surface area contributed by atoms with Crippen molar-refractivity contribution in [2.45, 2.75) is 6.54 Å². The topological polar surface area (TPSA) is 68.0 Å². The number of pyridine rings is 1. The number of carbonyl (C=O) groups is 1. The molecule has 4 rings (SSSR count). The first-order valence-electron chi connectivity index (χ1n) is 8.39. The number of fused-ring (bicyclic) bond motifs is 1. The molecule has 27 heavy (non-hydrogen) atoms. The summed E-state index contributed by atoms with van der Waals surface area (Å²) in [6, 6.07) is 19.6. The number of amides is 1. The Hall–Kier alpha value is -3.25. The number of nitrogen functional groups attached to an aromatic ring is 1. The van der Waals surface area contributed by atoms with E-state index < -0.39 is 0 Å². The number of benzene rings is 2. The number of hydrogen-bond acceptors (Lipinski definition) is 4. The number of anilines is 1. The molecule has 0 aliphatic heterocycles. The molecule has 0 fully saturated rings. The molecular formula is C21H16FN3OS. The maximum Gasteiger partial charge on any atom is 0.263 e. The Morgan fingerprint density at radius 3 is 2.52 bits per heavy atom. The lowest BCUT2D eigenvalue weighted by atomic mass is 10.1. The average molecular weight is 377 g/mol. The van der Waals surface area contributed by atoms with Crippen LogP contribution in [0.4, 0.5) is 10.1 Å². The Balaban J connectivity index is 1.59. The first-order valence-corrected chi connectivity index (χ1v) is 9.20. The third-order valence-electron chi connectivity index (χ3n) is 4.24. The third kappa shape index (κ3) is 3.52. The summed E-state index contributed by atoms with van der Waals surface area (Å²) in [7, 11) is 0. The predicted molar refractivity (Wildman–Crippen MR) is 107 cm³/mol. The minimum atomic E-state index is -0.306. The SMILES string of the molecule is Nc1c(C(=O)NCc2ccc(F)cc2)sc2nc(-c3ccccc3)ccc12. The van der Waals surface area contributed by atoms with Gasteiger partial charge < -0.3 is 11.1 Å². The van der Waals surface area contributed by atoms with Crippen molar-refractivity contribution in [2.75, 3.05) is 5.73 Å². The van der Waals surface area contributed by atoms with Crippen LogP contribution in [0.3, 0.4) is 0 Å². The summed E-state index contributed by atoms with van der Waals surface area (Å²) in [4.78, 5) is 18.4. The van der Waals surface area contributed by atoms with Gasteiger partial charge in [0, 0.05) is 17.5 Å². The number of hydrogen-bond donors (Lipinski definition) is 2. The molecule has 2 heterocycles. The lowest BCUT2D eigenvalue weighted by Crippen LogP contribution is -2.22.